The summed E-state index contributed by atoms with van der Waals surface area (Å²) in [6.45, 7) is 1.77. The van der Waals surface area contributed by atoms with Gasteiger partial charge in [-0.3, -0.25) is 4.79 Å². The molecule has 0 aliphatic carbocycles. The van der Waals surface area contributed by atoms with Crippen molar-refractivity contribution in [2.45, 2.75) is 13.0 Å². The lowest BCUT2D eigenvalue weighted by Gasteiger charge is -2.27. The summed E-state index contributed by atoms with van der Waals surface area (Å²) in [5.74, 6) is -0.239. The fraction of sp³-hybridized carbons (Fsp3) is 0.167. The van der Waals surface area contributed by atoms with Crippen molar-refractivity contribution in [2.24, 2.45) is 0 Å². The predicted octanol–water partition coefficient (Wildman–Crippen LogP) is 5.44. The fourth-order valence-electron chi connectivity index (χ4n) is 4.07. The number of hydrogen-bond donors (Lipinski definition) is 2. The molecule has 1 amide bonds. The van der Waals surface area contributed by atoms with Gasteiger partial charge in [0.05, 0.1) is 5.69 Å². The van der Waals surface area contributed by atoms with Crippen LogP contribution in [0.5, 0.6) is 0 Å². The number of thiophene rings is 1. The Bertz CT molecular complexity index is 1280. The zero-order valence-electron chi connectivity index (χ0n) is 17.0. The number of aromatic nitrogens is 1. The van der Waals surface area contributed by atoms with Crippen LogP contribution in [-0.2, 0) is 13.0 Å². The highest BCUT2D eigenvalue weighted by Gasteiger charge is 2.27. The average molecular weight is 449 g/mol. The number of nitrogens with two attached hydrogens (primary N) is 1. The molecule has 5 nitrogen and oxygen atoms in total. The zero-order valence-corrected chi connectivity index (χ0v) is 18.6. The number of nitrogen functional groups attached to an aromatic ring is 1. The van der Waals surface area contributed by atoms with Crippen LogP contribution in [0.15, 0.2) is 54.6 Å². The first kappa shape index (κ1) is 20.0. The highest BCUT2D eigenvalue weighted by atomic mass is 35.5. The number of nitrogens with one attached hydrogen (secondary N) is 1. The van der Waals surface area contributed by atoms with Gasteiger partial charge in [0.2, 0.25) is 0 Å². The number of rotatable bonds is 3. The molecular weight excluding hydrogens is 428 g/mol. The van der Waals surface area contributed by atoms with Crippen LogP contribution in [0.25, 0.3) is 21.3 Å². The van der Waals surface area contributed by atoms with Crippen molar-refractivity contribution in [3.63, 3.8) is 0 Å². The minimum absolute atomic E-state index is 0.239. The van der Waals surface area contributed by atoms with E-state index in [-0.39, 0.29) is 5.91 Å². The molecule has 0 spiro atoms. The normalized spacial score (nSPS) is 13.9. The Labute approximate surface area is 189 Å². The summed E-state index contributed by atoms with van der Waals surface area (Å²) >= 11 is 7.30. The van der Waals surface area contributed by atoms with Crippen LogP contribution in [0, 0.1) is 0 Å². The molecule has 1 aliphatic heterocycles. The van der Waals surface area contributed by atoms with E-state index in [4.69, 9.17) is 22.3 Å². The van der Waals surface area contributed by atoms with Crippen molar-refractivity contribution in [1.82, 2.24) is 9.88 Å². The SMILES string of the molecule is CN1CCc2nc3sc(C(=O)Nc4ccc(Cl)cc4)c(N)c3c(-c3ccccc3)c2C1. The molecule has 5 rings (SSSR count). The molecular formula is C24H21ClN4OS. The quantitative estimate of drug-likeness (QED) is 0.437. The minimum Gasteiger partial charge on any atom is -0.397 e. The Morgan fingerprint density at radius 3 is 2.65 bits per heavy atom. The largest absolute Gasteiger partial charge is 0.397 e. The second kappa shape index (κ2) is 7.96. The fourth-order valence-corrected chi connectivity index (χ4v) is 5.22. The van der Waals surface area contributed by atoms with E-state index in [1.807, 2.05) is 18.2 Å². The molecule has 0 radical (unpaired) electrons. The van der Waals surface area contributed by atoms with Gasteiger partial charge < -0.3 is 16.0 Å². The van der Waals surface area contributed by atoms with Gasteiger partial charge in [0, 0.05) is 46.9 Å². The summed E-state index contributed by atoms with van der Waals surface area (Å²) < 4.78 is 0. The summed E-state index contributed by atoms with van der Waals surface area (Å²) in [6, 6.07) is 17.3. The van der Waals surface area contributed by atoms with Gasteiger partial charge in [0.15, 0.2) is 0 Å². The Morgan fingerprint density at radius 1 is 1.16 bits per heavy atom. The number of carbonyl (C=O) groups is 1. The van der Waals surface area contributed by atoms with Crippen LogP contribution in [-0.4, -0.2) is 29.4 Å². The van der Waals surface area contributed by atoms with Crippen molar-refractivity contribution in [3.8, 4) is 11.1 Å². The first-order chi connectivity index (χ1) is 15.0. The molecule has 3 N–H and O–H groups in total. The van der Waals surface area contributed by atoms with E-state index in [2.05, 4.69) is 29.4 Å². The van der Waals surface area contributed by atoms with Crippen molar-refractivity contribution in [3.05, 3.63) is 75.8 Å². The number of anilines is 2. The molecule has 2 aromatic heterocycles. The third kappa shape index (κ3) is 3.67. The van der Waals surface area contributed by atoms with Crippen LogP contribution < -0.4 is 11.1 Å². The molecule has 0 bridgehead atoms. The standard InChI is InChI=1S/C24H21ClN4OS/c1-29-12-11-18-17(13-29)19(14-5-3-2-4-6-14)20-21(26)22(31-24(20)28-18)23(30)27-16-9-7-15(25)8-10-16/h2-10H,11-13,26H2,1H3,(H,27,30). The van der Waals surface area contributed by atoms with Crippen molar-refractivity contribution in [1.29, 1.82) is 0 Å². The summed E-state index contributed by atoms with van der Waals surface area (Å²) in [7, 11) is 2.11. The van der Waals surface area contributed by atoms with E-state index in [0.717, 1.165) is 46.5 Å². The number of hydrogen-bond acceptors (Lipinski definition) is 5. The number of benzene rings is 2. The van der Waals surface area contributed by atoms with Crippen molar-refractivity contribution >= 4 is 50.4 Å². The third-order valence-corrected chi connectivity index (χ3v) is 6.94. The van der Waals surface area contributed by atoms with Gasteiger partial charge in [-0.05, 0) is 42.4 Å². The van der Waals surface area contributed by atoms with Gasteiger partial charge in [-0.2, -0.15) is 0 Å². The van der Waals surface area contributed by atoms with E-state index >= 15 is 0 Å². The lowest BCUT2D eigenvalue weighted by Crippen LogP contribution is -2.27. The molecule has 0 saturated heterocycles. The Kier molecular flexibility index (Phi) is 5.14. The molecule has 31 heavy (non-hydrogen) atoms. The maximum Gasteiger partial charge on any atom is 0.267 e. The van der Waals surface area contributed by atoms with E-state index in [0.29, 0.717) is 21.3 Å². The van der Waals surface area contributed by atoms with Crippen LogP contribution in [0.1, 0.15) is 20.9 Å². The Morgan fingerprint density at radius 2 is 1.90 bits per heavy atom. The van der Waals surface area contributed by atoms with Crippen LogP contribution >= 0.6 is 22.9 Å². The number of nitrogens with zero attached hydrogens (tertiary/aromatic N) is 2. The minimum atomic E-state index is -0.239. The first-order valence-corrected chi connectivity index (χ1v) is 11.3. The summed E-state index contributed by atoms with van der Waals surface area (Å²) in [5.41, 5.74) is 12.2. The molecule has 0 saturated carbocycles. The predicted molar refractivity (Wildman–Crippen MR) is 129 cm³/mol. The monoisotopic (exact) mass is 448 g/mol. The maximum atomic E-state index is 13.1. The topological polar surface area (TPSA) is 71.2 Å². The van der Waals surface area contributed by atoms with Gasteiger partial charge in [0.1, 0.15) is 9.71 Å². The molecule has 0 fully saturated rings. The van der Waals surface area contributed by atoms with Crippen LogP contribution in [0.4, 0.5) is 11.4 Å². The molecule has 0 atom stereocenters. The van der Waals surface area contributed by atoms with E-state index in [9.17, 15) is 4.79 Å². The van der Waals surface area contributed by atoms with Gasteiger partial charge >= 0.3 is 0 Å². The van der Waals surface area contributed by atoms with E-state index in [1.54, 1.807) is 24.3 Å². The number of likely N-dealkylation sites (N-methyl/N-ethyl adjacent to an activating group) is 1. The van der Waals surface area contributed by atoms with Crippen LogP contribution in [0.3, 0.4) is 0 Å². The highest BCUT2D eigenvalue weighted by Crippen LogP contribution is 2.43. The van der Waals surface area contributed by atoms with Crippen molar-refractivity contribution in [2.75, 3.05) is 24.6 Å². The second-order valence-corrected chi connectivity index (χ2v) is 9.19. The lowest BCUT2D eigenvalue weighted by atomic mass is 9.92. The van der Waals surface area contributed by atoms with Gasteiger partial charge in [-0.15, -0.1) is 11.3 Å². The molecule has 156 valence electrons. The molecule has 1 aliphatic rings. The number of amides is 1. The average Bonchev–Trinajstić information content (AvgIpc) is 3.10. The van der Waals surface area contributed by atoms with E-state index < -0.39 is 0 Å². The Hall–Kier alpha value is -2.93. The maximum absolute atomic E-state index is 13.1. The number of carbonyl (C=O) groups excluding carboxylic acids is 1. The molecule has 2 aromatic carbocycles. The molecule has 3 heterocycles. The third-order valence-electron chi connectivity index (χ3n) is 5.59. The highest BCUT2D eigenvalue weighted by molar-refractivity contribution is 7.21. The molecule has 0 unspecified atom stereocenters. The second-order valence-electron chi connectivity index (χ2n) is 7.75. The lowest BCUT2D eigenvalue weighted by molar-refractivity contribution is 0.103. The summed E-state index contributed by atoms with van der Waals surface area (Å²) in [4.78, 5) is 21.6. The zero-order chi connectivity index (χ0) is 21.5. The number of fused-ring (bicyclic) bond motifs is 2. The number of halogens is 1. The van der Waals surface area contributed by atoms with Gasteiger partial charge in [-0.25, -0.2) is 4.98 Å². The summed E-state index contributed by atoms with van der Waals surface area (Å²) in [5, 5.41) is 4.40. The van der Waals surface area contributed by atoms with Crippen LogP contribution in [0.2, 0.25) is 5.02 Å². The van der Waals surface area contributed by atoms with Gasteiger partial charge in [-0.1, -0.05) is 41.9 Å². The molecule has 7 heteroatoms. The van der Waals surface area contributed by atoms with Crippen molar-refractivity contribution < 1.29 is 4.79 Å². The van der Waals surface area contributed by atoms with E-state index in [1.165, 1.54) is 16.9 Å². The van der Waals surface area contributed by atoms with Gasteiger partial charge in [0.25, 0.3) is 5.91 Å². The summed E-state index contributed by atoms with van der Waals surface area (Å²) in [6.07, 6.45) is 0.881. The smallest absolute Gasteiger partial charge is 0.267 e. The molecule has 4 aromatic rings. The number of pyridine rings is 1. The first-order valence-electron chi connectivity index (χ1n) is 10.1. The Balaban J connectivity index is 1.67.